The Morgan fingerprint density at radius 3 is 2.67 bits per heavy atom. The monoisotopic (exact) mass is 165 g/mol. The molecule has 0 saturated heterocycles. The van der Waals surface area contributed by atoms with E-state index in [4.69, 9.17) is 0 Å². The van der Waals surface area contributed by atoms with Crippen molar-refractivity contribution in [2.45, 2.75) is 19.6 Å². The molecule has 2 nitrogen and oxygen atoms in total. The quantitative estimate of drug-likeness (QED) is 0.629. The van der Waals surface area contributed by atoms with Crippen molar-refractivity contribution in [1.29, 1.82) is 0 Å². The summed E-state index contributed by atoms with van der Waals surface area (Å²) in [5.41, 5.74) is 2.22. The predicted octanol–water partition coefficient (Wildman–Crippen LogP) is 1.94. The topological polar surface area (TPSA) is 29.1 Å². The Labute approximate surface area is 72.8 Å². The molecule has 1 unspecified atom stereocenters. The Kier molecular flexibility index (Phi) is 3.26. The van der Waals surface area contributed by atoms with Gasteiger partial charge in [-0.15, -0.1) is 0 Å². The zero-order valence-corrected chi connectivity index (χ0v) is 7.41. The van der Waals surface area contributed by atoms with Gasteiger partial charge in [0.15, 0.2) is 6.29 Å². The third-order valence-corrected chi connectivity index (χ3v) is 1.91. The highest BCUT2D eigenvalue weighted by Gasteiger charge is 2.06. The maximum atomic E-state index is 11.0. The van der Waals surface area contributed by atoms with Crippen LogP contribution in [-0.4, -0.2) is 13.4 Å². The maximum Gasteiger partial charge on any atom is 0.195 e. The van der Waals surface area contributed by atoms with E-state index in [1.807, 2.05) is 31.2 Å². The van der Waals surface area contributed by atoms with Crippen LogP contribution in [0.1, 0.15) is 11.1 Å². The molecule has 1 atom stereocenters. The van der Waals surface area contributed by atoms with Crippen molar-refractivity contribution >= 4 is 0 Å². The van der Waals surface area contributed by atoms with Gasteiger partial charge in [-0.05, 0) is 18.1 Å². The van der Waals surface area contributed by atoms with Crippen molar-refractivity contribution in [3.05, 3.63) is 35.4 Å². The molecule has 0 aliphatic heterocycles. The molecule has 0 saturated carbocycles. The highest BCUT2D eigenvalue weighted by molar-refractivity contribution is 5.25. The van der Waals surface area contributed by atoms with Crippen molar-refractivity contribution in [2.75, 3.05) is 7.11 Å². The van der Waals surface area contributed by atoms with Crippen molar-refractivity contribution in [3.8, 4) is 0 Å². The summed E-state index contributed by atoms with van der Waals surface area (Å²) in [6.07, 6.45) is -0.491. The van der Waals surface area contributed by atoms with Crippen LogP contribution in [0, 0.1) is 6.92 Å². The van der Waals surface area contributed by atoms with E-state index in [1.54, 1.807) is 0 Å². The normalized spacial score (nSPS) is 12.9. The minimum absolute atomic E-state index is 0.448. The van der Waals surface area contributed by atoms with Crippen LogP contribution in [-0.2, 0) is 16.3 Å². The van der Waals surface area contributed by atoms with Gasteiger partial charge in [0.1, 0.15) is 0 Å². The summed E-state index contributed by atoms with van der Waals surface area (Å²) >= 11 is 0. The molecule has 0 heterocycles. The lowest BCUT2D eigenvalue weighted by Gasteiger charge is -2.07. The van der Waals surface area contributed by atoms with Crippen LogP contribution in [0.5, 0.6) is 0 Å². The van der Waals surface area contributed by atoms with Crippen molar-refractivity contribution in [2.24, 2.45) is 0 Å². The van der Waals surface area contributed by atoms with Crippen LogP contribution in [0.4, 0.5) is 0 Å². The average molecular weight is 165 g/mol. The van der Waals surface area contributed by atoms with E-state index in [0.717, 1.165) is 11.1 Å². The summed E-state index contributed by atoms with van der Waals surface area (Å²) in [7, 11) is 1.44. The van der Waals surface area contributed by atoms with E-state index >= 15 is 0 Å². The standard InChI is InChI=1S/C10H13O2/c1-8-5-3-4-6-9(8)7-10(11)12-2/h3-6,10H,7H2,1-2H3. The van der Waals surface area contributed by atoms with Crippen LogP contribution in [0.25, 0.3) is 0 Å². The second-order valence-electron chi connectivity index (χ2n) is 2.80. The second-order valence-corrected chi connectivity index (χ2v) is 2.80. The van der Waals surface area contributed by atoms with Gasteiger partial charge in [-0.3, -0.25) is 0 Å². The second kappa shape index (κ2) is 4.24. The predicted molar refractivity (Wildman–Crippen MR) is 46.4 cm³/mol. The number of aryl methyl sites for hydroxylation is 1. The molecule has 0 bridgehead atoms. The van der Waals surface area contributed by atoms with Gasteiger partial charge in [0.25, 0.3) is 0 Å². The highest BCUT2D eigenvalue weighted by Crippen LogP contribution is 2.09. The SMILES string of the molecule is COC([O])Cc1ccccc1C. The number of benzene rings is 1. The molecule has 0 amide bonds. The first kappa shape index (κ1) is 9.23. The summed E-state index contributed by atoms with van der Waals surface area (Å²) in [5, 5.41) is 11.0. The Hall–Kier alpha value is -0.860. The fourth-order valence-electron chi connectivity index (χ4n) is 1.10. The first-order valence-corrected chi connectivity index (χ1v) is 3.97. The van der Waals surface area contributed by atoms with Crippen molar-refractivity contribution < 1.29 is 9.84 Å². The smallest absolute Gasteiger partial charge is 0.195 e. The van der Waals surface area contributed by atoms with Crippen molar-refractivity contribution in [3.63, 3.8) is 0 Å². The zero-order valence-electron chi connectivity index (χ0n) is 7.41. The molecule has 1 aromatic rings. The molecular weight excluding hydrogens is 152 g/mol. The van der Waals surface area contributed by atoms with E-state index in [2.05, 4.69) is 4.74 Å². The summed E-state index contributed by atoms with van der Waals surface area (Å²) < 4.78 is 4.65. The minimum atomic E-state index is -0.939. The summed E-state index contributed by atoms with van der Waals surface area (Å²) in [4.78, 5) is 0. The van der Waals surface area contributed by atoms with E-state index in [1.165, 1.54) is 7.11 Å². The number of hydrogen-bond acceptors (Lipinski definition) is 1. The molecular formula is C10H13O2. The molecule has 0 fully saturated rings. The van der Waals surface area contributed by atoms with Gasteiger partial charge in [-0.1, -0.05) is 24.3 Å². The lowest BCUT2D eigenvalue weighted by molar-refractivity contribution is -0.117. The summed E-state index contributed by atoms with van der Waals surface area (Å²) in [6.45, 7) is 2.00. The molecule has 1 radical (unpaired) electrons. The molecule has 12 heavy (non-hydrogen) atoms. The lowest BCUT2D eigenvalue weighted by atomic mass is 10.1. The molecule has 2 heteroatoms. The molecule has 0 spiro atoms. The Morgan fingerprint density at radius 1 is 1.42 bits per heavy atom. The largest absolute Gasteiger partial charge is 0.353 e. The minimum Gasteiger partial charge on any atom is -0.353 e. The highest BCUT2D eigenvalue weighted by atomic mass is 16.6. The van der Waals surface area contributed by atoms with Gasteiger partial charge >= 0.3 is 0 Å². The lowest BCUT2D eigenvalue weighted by Crippen LogP contribution is -2.11. The van der Waals surface area contributed by atoms with Gasteiger partial charge in [-0.25, -0.2) is 5.11 Å². The molecule has 0 N–H and O–H groups in total. The summed E-state index contributed by atoms with van der Waals surface area (Å²) in [6, 6.07) is 7.85. The fraction of sp³-hybridized carbons (Fsp3) is 0.400. The van der Waals surface area contributed by atoms with E-state index in [-0.39, 0.29) is 0 Å². The average Bonchev–Trinajstić information content (AvgIpc) is 2.09. The van der Waals surface area contributed by atoms with Crippen LogP contribution < -0.4 is 0 Å². The van der Waals surface area contributed by atoms with Crippen LogP contribution >= 0.6 is 0 Å². The van der Waals surface area contributed by atoms with Crippen LogP contribution in [0.3, 0.4) is 0 Å². The molecule has 0 aliphatic rings. The number of hydrogen-bond donors (Lipinski definition) is 0. The summed E-state index contributed by atoms with van der Waals surface area (Å²) in [5.74, 6) is 0. The number of methoxy groups -OCH3 is 1. The first-order chi connectivity index (χ1) is 5.74. The van der Waals surface area contributed by atoms with Gasteiger partial charge in [-0.2, -0.15) is 0 Å². The van der Waals surface area contributed by atoms with Gasteiger partial charge in [0.2, 0.25) is 0 Å². The third-order valence-electron chi connectivity index (χ3n) is 1.91. The van der Waals surface area contributed by atoms with E-state index in [9.17, 15) is 5.11 Å². The molecule has 0 aliphatic carbocycles. The van der Waals surface area contributed by atoms with E-state index < -0.39 is 6.29 Å². The molecule has 1 aromatic carbocycles. The van der Waals surface area contributed by atoms with Crippen molar-refractivity contribution in [1.82, 2.24) is 0 Å². The Morgan fingerprint density at radius 2 is 2.08 bits per heavy atom. The molecule has 65 valence electrons. The Balaban J connectivity index is 2.69. The Bertz CT molecular complexity index is 245. The molecule has 1 rings (SSSR count). The number of ether oxygens (including phenoxy) is 1. The first-order valence-electron chi connectivity index (χ1n) is 3.97. The maximum absolute atomic E-state index is 11.0. The van der Waals surface area contributed by atoms with Crippen LogP contribution in [0.15, 0.2) is 24.3 Å². The fourth-order valence-corrected chi connectivity index (χ4v) is 1.10. The molecule has 0 aromatic heterocycles. The van der Waals surface area contributed by atoms with Gasteiger partial charge in [0.05, 0.1) is 0 Å². The number of rotatable bonds is 3. The zero-order chi connectivity index (χ0) is 8.97. The van der Waals surface area contributed by atoms with Crippen LogP contribution in [0.2, 0.25) is 0 Å². The third kappa shape index (κ3) is 2.32. The van der Waals surface area contributed by atoms with E-state index in [0.29, 0.717) is 6.42 Å². The van der Waals surface area contributed by atoms with Gasteiger partial charge < -0.3 is 4.74 Å². The van der Waals surface area contributed by atoms with Gasteiger partial charge in [0, 0.05) is 13.5 Å².